The number of ether oxygens (including phenoxy) is 1. The molecule has 0 aliphatic carbocycles. The van der Waals surface area contributed by atoms with Gasteiger partial charge in [-0.25, -0.2) is 4.68 Å². The number of nitrogens with zero attached hydrogens (tertiary/aromatic N) is 3. The van der Waals surface area contributed by atoms with Gasteiger partial charge in [0.15, 0.2) is 0 Å². The molecule has 1 aromatic carbocycles. The molecule has 0 amide bonds. The number of hydrogen-bond donors (Lipinski definition) is 2. The van der Waals surface area contributed by atoms with E-state index in [0.717, 1.165) is 34.4 Å². The van der Waals surface area contributed by atoms with E-state index >= 15 is 0 Å². The second kappa shape index (κ2) is 5.66. The maximum Gasteiger partial charge on any atom is 0.214 e. The molecular weight excluding hydrogens is 298 g/mol. The summed E-state index contributed by atoms with van der Waals surface area (Å²) in [7, 11) is 1.68. The van der Waals surface area contributed by atoms with Gasteiger partial charge in [0, 0.05) is 23.8 Å². The zero-order valence-electron chi connectivity index (χ0n) is 12.3. The monoisotopic (exact) mass is 316 g/mol. The normalized spacial score (nSPS) is 20.2. The van der Waals surface area contributed by atoms with Gasteiger partial charge in [0.1, 0.15) is 11.8 Å². The molecule has 0 bridgehead atoms. The van der Waals surface area contributed by atoms with Crippen LogP contribution in [0.1, 0.15) is 30.3 Å². The number of nitrogens with one attached hydrogen (secondary N) is 1. The molecule has 3 heterocycles. The van der Waals surface area contributed by atoms with Crippen molar-refractivity contribution in [1.29, 1.82) is 0 Å². The number of nitrogens with two attached hydrogens (primary N) is 1. The highest BCUT2D eigenvalue weighted by atomic mass is 32.2. The highest BCUT2D eigenvalue weighted by Crippen LogP contribution is 2.31. The number of quaternary nitrogens is 1. The van der Waals surface area contributed by atoms with Crippen LogP contribution in [0, 0.1) is 0 Å². The molecule has 2 aromatic rings. The van der Waals surface area contributed by atoms with Crippen LogP contribution in [-0.2, 0) is 0 Å². The first kappa shape index (κ1) is 13.7. The minimum Gasteiger partial charge on any atom is -0.497 e. The fourth-order valence-corrected chi connectivity index (χ4v) is 3.64. The van der Waals surface area contributed by atoms with E-state index in [0.29, 0.717) is 6.04 Å². The third-order valence-corrected chi connectivity index (χ3v) is 4.88. The van der Waals surface area contributed by atoms with E-state index in [9.17, 15) is 0 Å². The summed E-state index contributed by atoms with van der Waals surface area (Å²) in [4.78, 5) is 0. The van der Waals surface area contributed by atoms with Crippen LogP contribution < -0.4 is 15.5 Å². The maximum atomic E-state index is 5.31. The summed E-state index contributed by atoms with van der Waals surface area (Å²) in [5.74, 6) is 1.86. The molecule has 6 nitrogen and oxygen atoms in total. The quantitative estimate of drug-likeness (QED) is 0.894. The Morgan fingerprint density at radius 3 is 3.18 bits per heavy atom. The Morgan fingerprint density at radius 2 is 2.36 bits per heavy atom. The van der Waals surface area contributed by atoms with Crippen molar-refractivity contribution in [2.75, 3.05) is 19.1 Å². The Bertz CT molecular complexity index is 720. The molecule has 0 saturated carbocycles. The van der Waals surface area contributed by atoms with E-state index in [1.807, 2.05) is 22.9 Å². The van der Waals surface area contributed by atoms with Crippen molar-refractivity contribution in [1.82, 2.24) is 14.9 Å². The van der Waals surface area contributed by atoms with Crippen molar-refractivity contribution >= 4 is 17.5 Å². The van der Waals surface area contributed by atoms with Crippen molar-refractivity contribution in [3.8, 4) is 5.75 Å². The summed E-state index contributed by atoms with van der Waals surface area (Å²) in [5.41, 5.74) is 5.57. The largest absolute Gasteiger partial charge is 0.497 e. The Morgan fingerprint density at radius 1 is 1.41 bits per heavy atom. The topological polar surface area (TPSA) is 68.6 Å². The van der Waals surface area contributed by atoms with E-state index in [4.69, 9.17) is 4.74 Å². The van der Waals surface area contributed by atoms with Crippen molar-refractivity contribution in [3.63, 3.8) is 0 Å². The molecule has 3 N–H and O–H groups in total. The first-order valence-electron chi connectivity index (χ1n) is 7.42. The Balaban J connectivity index is 1.64. The van der Waals surface area contributed by atoms with Crippen molar-refractivity contribution in [2.45, 2.75) is 24.0 Å². The number of aromatic nitrogens is 3. The number of methoxy groups -OCH3 is 1. The van der Waals surface area contributed by atoms with Crippen molar-refractivity contribution < 1.29 is 10.1 Å². The molecule has 7 heteroatoms. The van der Waals surface area contributed by atoms with Crippen LogP contribution >= 0.6 is 11.8 Å². The van der Waals surface area contributed by atoms with Crippen LogP contribution in [0.5, 0.6) is 5.75 Å². The van der Waals surface area contributed by atoms with Crippen molar-refractivity contribution in [2.24, 2.45) is 0 Å². The van der Waals surface area contributed by atoms with Gasteiger partial charge in [0.2, 0.25) is 11.0 Å². The summed E-state index contributed by atoms with van der Waals surface area (Å²) in [6.07, 6.45) is 2.39. The molecule has 2 aliphatic rings. The van der Waals surface area contributed by atoms with Gasteiger partial charge in [-0.05, 0) is 12.1 Å². The van der Waals surface area contributed by atoms with Crippen molar-refractivity contribution in [3.05, 3.63) is 41.1 Å². The molecule has 1 fully saturated rings. The smallest absolute Gasteiger partial charge is 0.214 e. The van der Waals surface area contributed by atoms with Gasteiger partial charge in [-0.2, -0.15) is 0 Å². The minimum atomic E-state index is 0.402. The molecule has 114 valence electrons. The standard InChI is InChI=1S/C15H17N5OS/c1-21-11-5-2-4-10(8-11)13-9-22-15-18-17-14(20(15)19-13)12-6-3-7-16-12/h2,4-5,8-9,12,16,19H,3,6-7H2,1H3/p+1/t12-/m1/s1. The molecule has 0 radical (unpaired) electrons. The van der Waals surface area contributed by atoms with Gasteiger partial charge in [0.25, 0.3) is 0 Å². The third kappa shape index (κ3) is 2.36. The highest BCUT2D eigenvalue weighted by molar-refractivity contribution is 8.02. The summed E-state index contributed by atoms with van der Waals surface area (Å²) in [6.45, 7) is 1.17. The first-order chi connectivity index (χ1) is 10.8. The van der Waals surface area contributed by atoms with Gasteiger partial charge in [0.05, 0.1) is 19.4 Å². The zero-order valence-corrected chi connectivity index (χ0v) is 13.1. The molecule has 1 saturated heterocycles. The zero-order chi connectivity index (χ0) is 14.9. The Hall–Kier alpha value is -1.99. The van der Waals surface area contributed by atoms with Gasteiger partial charge in [-0.15, -0.1) is 10.2 Å². The van der Waals surface area contributed by atoms with Gasteiger partial charge >= 0.3 is 0 Å². The first-order valence-corrected chi connectivity index (χ1v) is 8.30. The van der Waals surface area contributed by atoms with Crippen LogP contribution in [0.15, 0.2) is 34.8 Å². The number of rotatable bonds is 3. The Kier molecular flexibility index (Phi) is 3.51. The Labute approximate surface area is 132 Å². The highest BCUT2D eigenvalue weighted by Gasteiger charge is 2.29. The minimum absolute atomic E-state index is 0.402. The number of hydrogen-bond acceptors (Lipinski definition) is 5. The van der Waals surface area contributed by atoms with Gasteiger partial charge in [-0.1, -0.05) is 23.9 Å². The van der Waals surface area contributed by atoms with Crippen LogP contribution in [0.4, 0.5) is 0 Å². The fourth-order valence-electron chi connectivity index (χ4n) is 2.89. The summed E-state index contributed by atoms with van der Waals surface area (Å²) in [6, 6.07) is 8.44. The molecule has 22 heavy (non-hydrogen) atoms. The van der Waals surface area contributed by atoms with Gasteiger partial charge in [-0.3, -0.25) is 5.43 Å². The fraction of sp³-hybridized carbons (Fsp3) is 0.333. The number of benzene rings is 1. The SMILES string of the molecule is COc1cccc(C2=CSc3nnc([C@H]4CCC[NH2+]4)n3N2)c1. The summed E-state index contributed by atoms with van der Waals surface area (Å²) in [5, 5.41) is 14.0. The van der Waals surface area contributed by atoms with Crippen LogP contribution in [0.25, 0.3) is 5.70 Å². The van der Waals surface area contributed by atoms with E-state index in [1.54, 1.807) is 18.9 Å². The predicted molar refractivity (Wildman–Crippen MR) is 85.0 cm³/mol. The lowest BCUT2D eigenvalue weighted by Gasteiger charge is -2.20. The van der Waals surface area contributed by atoms with E-state index < -0.39 is 0 Å². The van der Waals surface area contributed by atoms with Crippen LogP contribution in [-0.4, -0.2) is 28.5 Å². The second-order valence-electron chi connectivity index (χ2n) is 5.44. The van der Waals surface area contributed by atoms with E-state index in [1.165, 1.54) is 13.0 Å². The molecule has 1 atom stereocenters. The molecule has 1 aromatic heterocycles. The maximum absolute atomic E-state index is 5.31. The molecule has 0 unspecified atom stereocenters. The average Bonchev–Trinajstić information content (AvgIpc) is 3.23. The summed E-state index contributed by atoms with van der Waals surface area (Å²) < 4.78 is 7.33. The van der Waals surface area contributed by atoms with Crippen LogP contribution in [0.3, 0.4) is 0 Å². The summed E-state index contributed by atoms with van der Waals surface area (Å²) >= 11 is 1.59. The van der Waals surface area contributed by atoms with Gasteiger partial charge < -0.3 is 10.1 Å². The van der Waals surface area contributed by atoms with E-state index in [2.05, 4.69) is 32.4 Å². The molecule has 4 rings (SSSR count). The predicted octanol–water partition coefficient (Wildman–Crippen LogP) is 1.33. The molecule has 0 spiro atoms. The second-order valence-corrected chi connectivity index (χ2v) is 6.28. The lowest BCUT2D eigenvalue weighted by molar-refractivity contribution is -0.677. The molecule has 2 aliphatic heterocycles. The number of thioether (sulfide) groups is 1. The lowest BCUT2D eigenvalue weighted by Crippen LogP contribution is -2.82. The average molecular weight is 316 g/mol. The van der Waals surface area contributed by atoms with Crippen LogP contribution in [0.2, 0.25) is 0 Å². The number of fused-ring (bicyclic) bond motifs is 1. The molecular formula is C15H18N5OS+. The third-order valence-electron chi connectivity index (χ3n) is 4.06. The lowest BCUT2D eigenvalue weighted by atomic mass is 10.1. The van der Waals surface area contributed by atoms with E-state index in [-0.39, 0.29) is 0 Å².